The van der Waals surface area contributed by atoms with Crippen LogP contribution in [0.15, 0.2) is 11.6 Å². The third kappa shape index (κ3) is 2.36. The number of allylic oxidation sites excluding steroid dienone is 2. The van der Waals surface area contributed by atoms with Gasteiger partial charge in [0, 0.05) is 0 Å². The van der Waals surface area contributed by atoms with E-state index in [-0.39, 0.29) is 0 Å². The predicted octanol–water partition coefficient (Wildman–Crippen LogP) is 3.92. The first-order valence-corrected chi connectivity index (χ1v) is 5.03. The van der Waals surface area contributed by atoms with Gasteiger partial charge in [0.1, 0.15) is 0 Å². The van der Waals surface area contributed by atoms with Crippen molar-refractivity contribution < 1.29 is 0 Å². The number of rotatable bonds is 3. The van der Waals surface area contributed by atoms with Crippen LogP contribution in [0, 0.1) is 5.92 Å². The molecule has 0 spiro atoms. The van der Waals surface area contributed by atoms with Crippen LogP contribution >= 0.6 is 0 Å². The van der Waals surface area contributed by atoms with Crippen molar-refractivity contribution in [2.75, 3.05) is 0 Å². The van der Waals surface area contributed by atoms with Gasteiger partial charge in [0.15, 0.2) is 0 Å². The zero-order chi connectivity index (χ0) is 8.10. The van der Waals surface area contributed by atoms with Crippen LogP contribution in [0.4, 0.5) is 0 Å². The summed E-state index contributed by atoms with van der Waals surface area (Å²) in [7, 11) is 0. The van der Waals surface area contributed by atoms with E-state index in [2.05, 4.69) is 19.9 Å². The molecule has 0 bridgehead atoms. The van der Waals surface area contributed by atoms with Crippen LogP contribution < -0.4 is 0 Å². The van der Waals surface area contributed by atoms with Gasteiger partial charge in [0.2, 0.25) is 0 Å². The van der Waals surface area contributed by atoms with Crippen molar-refractivity contribution in [2.45, 2.75) is 52.4 Å². The second-order valence-corrected chi connectivity index (χ2v) is 3.59. The molecule has 1 saturated carbocycles. The molecule has 0 aromatic rings. The Morgan fingerprint density at radius 1 is 1.36 bits per heavy atom. The Kier molecular flexibility index (Phi) is 3.68. The lowest BCUT2D eigenvalue weighted by atomic mass is 9.94. The summed E-state index contributed by atoms with van der Waals surface area (Å²) in [5.74, 6) is 0.958. The molecule has 1 aliphatic rings. The molecule has 1 fully saturated rings. The minimum Gasteiger partial charge on any atom is -0.0882 e. The van der Waals surface area contributed by atoms with Crippen LogP contribution in [-0.4, -0.2) is 0 Å². The van der Waals surface area contributed by atoms with Gasteiger partial charge in [-0.05, 0) is 32.1 Å². The molecule has 1 rings (SSSR count). The molecule has 0 amide bonds. The van der Waals surface area contributed by atoms with E-state index in [4.69, 9.17) is 0 Å². The lowest BCUT2D eigenvalue weighted by molar-refractivity contribution is 0.605. The monoisotopic (exact) mass is 152 g/mol. The van der Waals surface area contributed by atoms with Gasteiger partial charge in [-0.15, -0.1) is 0 Å². The van der Waals surface area contributed by atoms with E-state index in [1.807, 2.05) is 0 Å². The normalized spacial score (nSPS) is 21.1. The summed E-state index contributed by atoms with van der Waals surface area (Å²) in [6, 6.07) is 0. The molecule has 0 aromatic carbocycles. The lowest BCUT2D eigenvalue weighted by Gasteiger charge is -2.12. The van der Waals surface area contributed by atoms with Crippen LogP contribution in [0.1, 0.15) is 52.4 Å². The summed E-state index contributed by atoms with van der Waals surface area (Å²) in [5, 5.41) is 0. The van der Waals surface area contributed by atoms with Crippen molar-refractivity contribution in [1.82, 2.24) is 0 Å². The third-order valence-electron chi connectivity index (χ3n) is 2.79. The number of hydrogen-bond acceptors (Lipinski definition) is 0. The molecule has 0 N–H and O–H groups in total. The lowest BCUT2D eigenvalue weighted by Crippen LogP contribution is -1.97. The largest absolute Gasteiger partial charge is 0.0882 e. The average Bonchev–Trinajstić information content (AvgIpc) is 2.52. The minimum absolute atomic E-state index is 0.958. The summed E-state index contributed by atoms with van der Waals surface area (Å²) in [6.07, 6.45) is 10.8. The maximum atomic E-state index is 2.35. The summed E-state index contributed by atoms with van der Waals surface area (Å²) < 4.78 is 0. The standard InChI is InChI=1S/C11H20/c1-3-7-10(4-2)11-8-5-6-9-11/h4,11H,3,5-9H2,1-2H3/b10-4-. The molecule has 0 aliphatic heterocycles. The molecule has 0 heteroatoms. The molecule has 0 saturated heterocycles. The Morgan fingerprint density at radius 2 is 2.00 bits per heavy atom. The second kappa shape index (κ2) is 4.58. The zero-order valence-electron chi connectivity index (χ0n) is 7.90. The summed E-state index contributed by atoms with van der Waals surface area (Å²) in [4.78, 5) is 0. The van der Waals surface area contributed by atoms with Crippen molar-refractivity contribution in [1.29, 1.82) is 0 Å². The molecule has 0 aromatic heterocycles. The molecule has 0 heterocycles. The van der Waals surface area contributed by atoms with Crippen molar-refractivity contribution in [3.05, 3.63) is 11.6 Å². The Labute approximate surface area is 70.7 Å². The Bertz CT molecular complexity index is 127. The highest BCUT2D eigenvalue weighted by Gasteiger charge is 2.17. The first kappa shape index (κ1) is 8.83. The fourth-order valence-corrected chi connectivity index (χ4v) is 2.17. The maximum absolute atomic E-state index is 2.35. The van der Waals surface area contributed by atoms with Gasteiger partial charge in [-0.3, -0.25) is 0 Å². The van der Waals surface area contributed by atoms with E-state index in [1.165, 1.54) is 38.5 Å². The molecular weight excluding hydrogens is 132 g/mol. The first-order valence-electron chi connectivity index (χ1n) is 5.03. The van der Waals surface area contributed by atoms with Crippen LogP contribution in [-0.2, 0) is 0 Å². The van der Waals surface area contributed by atoms with Crippen molar-refractivity contribution in [3.63, 3.8) is 0 Å². The summed E-state index contributed by atoms with van der Waals surface area (Å²) >= 11 is 0. The topological polar surface area (TPSA) is 0 Å². The molecule has 0 unspecified atom stereocenters. The molecular formula is C11H20. The highest BCUT2D eigenvalue weighted by Crippen LogP contribution is 2.32. The van der Waals surface area contributed by atoms with Crippen LogP contribution in [0.2, 0.25) is 0 Å². The fourth-order valence-electron chi connectivity index (χ4n) is 2.17. The van der Waals surface area contributed by atoms with E-state index in [1.54, 1.807) is 5.57 Å². The van der Waals surface area contributed by atoms with Gasteiger partial charge >= 0.3 is 0 Å². The third-order valence-corrected chi connectivity index (χ3v) is 2.79. The number of hydrogen-bond donors (Lipinski definition) is 0. The van der Waals surface area contributed by atoms with Crippen molar-refractivity contribution in [3.8, 4) is 0 Å². The van der Waals surface area contributed by atoms with Crippen molar-refractivity contribution in [2.24, 2.45) is 5.92 Å². The molecule has 0 atom stereocenters. The predicted molar refractivity (Wildman–Crippen MR) is 50.6 cm³/mol. The van der Waals surface area contributed by atoms with Crippen LogP contribution in [0.25, 0.3) is 0 Å². The zero-order valence-corrected chi connectivity index (χ0v) is 7.90. The Morgan fingerprint density at radius 3 is 2.45 bits per heavy atom. The van der Waals surface area contributed by atoms with E-state index in [0.29, 0.717) is 0 Å². The van der Waals surface area contributed by atoms with Gasteiger partial charge in [-0.2, -0.15) is 0 Å². The summed E-state index contributed by atoms with van der Waals surface area (Å²) in [5.41, 5.74) is 1.73. The van der Waals surface area contributed by atoms with Gasteiger partial charge in [0.25, 0.3) is 0 Å². The summed E-state index contributed by atoms with van der Waals surface area (Å²) in [6.45, 7) is 4.47. The van der Waals surface area contributed by atoms with Gasteiger partial charge in [-0.25, -0.2) is 0 Å². The maximum Gasteiger partial charge on any atom is -0.0203 e. The second-order valence-electron chi connectivity index (χ2n) is 3.59. The fraction of sp³-hybridized carbons (Fsp3) is 0.818. The molecule has 64 valence electrons. The average molecular weight is 152 g/mol. The van der Waals surface area contributed by atoms with E-state index >= 15 is 0 Å². The molecule has 0 radical (unpaired) electrons. The highest BCUT2D eigenvalue weighted by atomic mass is 14.2. The van der Waals surface area contributed by atoms with E-state index in [9.17, 15) is 0 Å². The van der Waals surface area contributed by atoms with E-state index in [0.717, 1.165) is 5.92 Å². The van der Waals surface area contributed by atoms with Crippen LogP contribution in [0.3, 0.4) is 0 Å². The minimum atomic E-state index is 0.958. The quantitative estimate of drug-likeness (QED) is 0.538. The van der Waals surface area contributed by atoms with Gasteiger partial charge in [0.05, 0.1) is 0 Å². The highest BCUT2D eigenvalue weighted by molar-refractivity contribution is 5.06. The van der Waals surface area contributed by atoms with Crippen molar-refractivity contribution >= 4 is 0 Å². The molecule has 11 heavy (non-hydrogen) atoms. The molecule has 1 aliphatic carbocycles. The van der Waals surface area contributed by atoms with Crippen LogP contribution in [0.5, 0.6) is 0 Å². The Balaban J connectivity index is 2.41. The van der Waals surface area contributed by atoms with E-state index < -0.39 is 0 Å². The SMILES string of the molecule is C/C=C(/CCC)C1CCCC1. The first-order chi connectivity index (χ1) is 5.38. The Hall–Kier alpha value is -0.260. The molecule has 0 nitrogen and oxygen atoms in total. The smallest absolute Gasteiger partial charge is 0.0203 e. The van der Waals surface area contributed by atoms with Gasteiger partial charge < -0.3 is 0 Å². The van der Waals surface area contributed by atoms with Gasteiger partial charge in [-0.1, -0.05) is 37.8 Å².